The van der Waals surface area contributed by atoms with E-state index in [2.05, 4.69) is 25.9 Å². The summed E-state index contributed by atoms with van der Waals surface area (Å²) in [5.74, 6) is -0.111. The van der Waals surface area contributed by atoms with Gasteiger partial charge >= 0.3 is 0 Å². The lowest BCUT2D eigenvalue weighted by Crippen LogP contribution is -2.33. The molecule has 21 heavy (non-hydrogen) atoms. The molecule has 1 amide bonds. The van der Waals surface area contributed by atoms with Crippen molar-refractivity contribution >= 4 is 21.8 Å². The Morgan fingerprint density at radius 1 is 1.48 bits per heavy atom. The van der Waals surface area contributed by atoms with Crippen molar-refractivity contribution in [3.05, 3.63) is 46.7 Å². The van der Waals surface area contributed by atoms with E-state index in [1.54, 1.807) is 35.3 Å². The zero-order chi connectivity index (χ0) is 15.2. The van der Waals surface area contributed by atoms with Crippen LogP contribution in [-0.4, -0.2) is 45.6 Å². The van der Waals surface area contributed by atoms with Crippen LogP contribution >= 0.6 is 15.9 Å². The molecule has 7 heteroatoms. The molecule has 0 aromatic carbocycles. The number of hydrogen-bond acceptors (Lipinski definition) is 4. The quantitative estimate of drug-likeness (QED) is 0.744. The molecule has 2 rings (SSSR count). The molecule has 0 N–H and O–H groups in total. The summed E-state index contributed by atoms with van der Waals surface area (Å²) in [6.07, 6.45) is 5.04. The van der Waals surface area contributed by atoms with Crippen LogP contribution in [0.25, 0.3) is 0 Å². The average Bonchev–Trinajstić information content (AvgIpc) is 2.89. The van der Waals surface area contributed by atoms with Gasteiger partial charge in [0.2, 0.25) is 0 Å². The van der Waals surface area contributed by atoms with E-state index in [1.807, 2.05) is 19.2 Å². The van der Waals surface area contributed by atoms with Gasteiger partial charge in [0.05, 0.1) is 12.9 Å². The van der Waals surface area contributed by atoms with Gasteiger partial charge in [0.1, 0.15) is 10.3 Å². The van der Waals surface area contributed by atoms with Crippen LogP contribution in [0.15, 0.2) is 35.5 Å². The van der Waals surface area contributed by atoms with Crippen molar-refractivity contribution in [3.8, 4) is 0 Å². The molecule has 0 aliphatic carbocycles. The highest BCUT2D eigenvalue weighted by Crippen LogP contribution is 2.12. The van der Waals surface area contributed by atoms with Gasteiger partial charge in [-0.05, 0) is 33.6 Å². The first kappa shape index (κ1) is 15.7. The van der Waals surface area contributed by atoms with E-state index in [0.29, 0.717) is 25.4 Å². The smallest absolute Gasteiger partial charge is 0.274 e. The number of carbonyl (C=O) groups is 1. The van der Waals surface area contributed by atoms with E-state index in [0.717, 1.165) is 10.2 Å². The fourth-order valence-corrected chi connectivity index (χ4v) is 2.31. The molecule has 0 radical (unpaired) electrons. The number of aromatic nitrogens is 3. The van der Waals surface area contributed by atoms with E-state index in [4.69, 9.17) is 4.74 Å². The topological polar surface area (TPSA) is 60.2 Å². The fraction of sp³-hybridized carbons (Fsp3) is 0.357. The van der Waals surface area contributed by atoms with Crippen molar-refractivity contribution in [2.24, 2.45) is 7.05 Å². The van der Waals surface area contributed by atoms with Crippen LogP contribution in [-0.2, 0) is 18.3 Å². The summed E-state index contributed by atoms with van der Waals surface area (Å²) < 4.78 is 7.59. The Labute approximate surface area is 131 Å². The molecule has 6 nitrogen and oxygen atoms in total. The third-order valence-electron chi connectivity index (χ3n) is 2.94. The van der Waals surface area contributed by atoms with E-state index >= 15 is 0 Å². The second kappa shape index (κ2) is 7.33. The minimum absolute atomic E-state index is 0.111. The van der Waals surface area contributed by atoms with E-state index < -0.39 is 0 Å². The molecule has 0 aliphatic rings. The first-order chi connectivity index (χ1) is 10.1. The second-order valence-corrected chi connectivity index (χ2v) is 5.44. The monoisotopic (exact) mass is 352 g/mol. The van der Waals surface area contributed by atoms with Crippen molar-refractivity contribution in [1.82, 2.24) is 19.4 Å². The maximum absolute atomic E-state index is 12.5. The summed E-state index contributed by atoms with van der Waals surface area (Å²) in [4.78, 5) is 22.4. The van der Waals surface area contributed by atoms with Crippen LogP contribution in [0.5, 0.6) is 0 Å². The Morgan fingerprint density at radius 3 is 2.90 bits per heavy atom. The van der Waals surface area contributed by atoms with Crippen LogP contribution in [0.4, 0.5) is 0 Å². The van der Waals surface area contributed by atoms with Gasteiger partial charge in [-0.1, -0.05) is 0 Å². The van der Waals surface area contributed by atoms with Crippen LogP contribution in [0.1, 0.15) is 16.1 Å². The Balaban J connectivity index is 2.15. The molecule has 0 fully saturated rings. The van der Waals surface area contributed by atoms with Crippen molar-refractivity contribution in [2.75, 3.05) is 20.3 Å². The second-order valence-electron chi connectivity index (χ2n) is 4.63. The Bertz CT molecular complexity index is 615. The molecule has 2 aromatic rings. The number of nitrogens with zero attached hydrogens (tertiary/aromatic N) is 4. The molecular weight excluding hydrogens is 336 g/mol. The molecular formula is C14H17BrN4O2. The molecule has 0 atom stereocenters. The van der Waals surface area contributed by atoms with Gasteiger partial charge in [0.25, 0.3) is 5.91 Å². The summed E-state index contributed by atoms with van der Waals surface area (Å²) >= 11 is 3.34. The molecule has 0 aliphatic heterocycles. The molecule has 2 heterocycles. The number of amides is 1. The lowest BCUT2D eigenvalue weighted by Gasteiger charge is -2.21. The average molecular weight is 353 g/mol. The Kier molecular flexibility index (Phi) is 5.46. The number of halogens is 1. The minimum Gasteiger partial charge on any atom is -0.383 e. The van der Waals surface area contributed by atoms with Gasteiger partial charge in [-0.2, -0.15) is 0 Å². The molecule has 2 aromatic heterocycles. The maximum atomic E-state index is 12.5. The first-order valence-corrected chi connectivity index (χ1v) is 7.26. The van der Waals surface area contributed by atoms with E-state index in [-0.39, 0.29) is 5.91 Å². The summed E-state index contributed by atoms with van der Waals surface area (Å²) in [5.41, 5.74) is 1.43. The van der Waals surface area contributed by atoms with Gasteiger partial charge in [-0.15, -0.1) is 0 Å². The van der Waals surface area contributed by atoms with Crippen molar-refractivity contribution in [1.29, 1.82) is 0 Å². The zero-order valence-electron chi connectivity index (χ0n) is 12.0. The summed E-state index contributed by atoms with van der Waals surface area (Å²) in [6, 6.07) is 3.78. The highest BCUT2D eigenvalue weighted by molar-refractivity contribution is 9.10. The summed E-state index contributed by atoms with van der Waals surface area (Å²) in [7, 11) is 3.45. The fourth-order valence-electron chi connectivity index (χ4n) is 1.90. The third-order valence-corrected chi connectivity index (χ3v) is 3.37. The predicted molar refractivity (Wildman–Crippen MR) is 81.8 cm³/mol. The molecule has 0 spiro atoms. The normalized spacial score (nSPS) is 10.6. The van der Waals surface area contributed by atoms with Crippen LogP contribution in [0.3, 0.4) is 0 Å². The summed E-state index contributed by atoms with van der Waals surface area (Å²) in [6.45, 7) is 1.47. The highest BCUT2D eigenvalue weighted by atomic mass is 79.9. The van der Waals surface area contributed by atoms with Crippen LogP contribution in [0.2, 0.25) is 0 Å². The number of aryl methyl sites for hydroxylation is 1. The number of methoxy groups -OCH3 is 1. The SMILES string of the molecule is COCCN(Cc1ccnc(Br)c1)C(=O)c1cn(C)cn1. The number of carbonyl (C=O) groups excluding carboxylic acids is 1. The van der Waals surface area contributed by atoms with Crippen LogP contribution in [0, 0.1) is 0 Å². The van der Waals surface area contributed by atoms with Gasteiger partial charge in [0, 0.05) is 39.6 Å². The number of ether oxygens (including phenoxy) is 1. The van der Waals surface area contributed by atoms with Crippen molar-refractivity contribution in [3.63, 3.8) is 0 Å². The minimum atomic E-state index is -0.111. The van der Waals surface area contributed by atoms with Crippen molar-refractivity contribution < 1.29 is 9.53 Å². The lowest BCUT2D eigenvalue weighted by atomic mass is 10.2. The molecule has 0 saturated heterocycles. The standard InChI is InChI=1S/C14H17BrN4O2/c1-18-9-12(17-10-18)14(20)19(5-6-21-2)8-11-3-4-16-13(15)7-11/h3-4,7,9-10H,5-6,8H2,1-2H3. The first-order valence-electron chi connectivity index (χ1n) is 6.46. The molecule has 112 valence electrons. The lowest BCUT2D eigenvalue weighted by molar-refractivity contribution is 0.0675. The van der Waals surface area contributed by atoms with Gasteiger partial charge < -0.3 is 14.2 Å². The number of imidazole rings is 1. The molecule has 0 unspecified atom stereocenters. The zero-order valence-corrected chi connectivity index (χ0v) is 13.6. The number of pyridine rings is 1. The van der Waals surface area contributed by atoms with Crippen LogP contribution < -0.4 is 0 Å². The summed E-state index contributed by atoms with van der Waals surface area (Å²) in [5, 5.41) is 0. The predicted octanol–water partition coefficient (Wildman–Crippen LogP) is 1.87. The van der Waals surface area contributed by atoms with Gasteiger partial charge in [-0.3, -0.25) is 4.79 Å². The largest absolute Gasteiger partial charge is 0.383 e. The van der Waals surface area contributed by atoms with E-state index in [1.165, 1.54) is 0 Å². The Morgan fingerprint density at radius 2 is 2.29 bits per heavy atom. The molecule has 0 bridgehead atoms. The Hall–Kier alpha value is -1.73. The van der Waals surface area contributed by atoms with Gasteiger partial charge in [0.15, 0.2) is 0 Å². The van der Waals surface area contributed by atoms with Crippen molar-refractivity contribution in [2.45, 2.75) is 6.54 Å². The highest BCUT2D eigenvalue weighted by Gasteiger charge is 2.18. The van der Waals surface area contributed by atoms with Gasteiger partial charge in [-0.25, -0.2) is 9.97 Å². The number of hydrogen-bond donors (Lipinski definition) is 0. The van der Waals surface area contributed by atoms with E-state index in [9.17, 15) is 4.79 Å². The number of rotatable bonds is 6. The maximum Gasteiger partial charge on any atom is 0.274 e. The third kappa shape index (κ3) is 4.37. The molecule has 0 saturated carbocycles.